The number of carbonyl (C=O) groups is 1. The molecule has 4 nitrogen and oxygen atoms in total. The lowest BCUT2D eigenvalue weighted by Crippen LogP contribution is -2.38. The van der Waals surface area contributed by atoms with Crippen molar-refractivity contribution in [1.82, 2.24) is 9.55 Å². The molecular weight excluding hydrogens is 192 g/mol. The van der Waals surface area contributed by atoms with Gasteiger partial charge >= 0.3 is 0 Å². The fraction of sp³-hybridized carbons (Fsp3) is 0.636. The molecule has 0 radical (unpaired) electrons. The number of ketones is 1. The van der Waals surface area contributed by atoms with Gasteiger partial charge in [-0.1, -0.05) is 13.8 Å². The molecule has 4 heteroatoms. The first-order chi connectivity index (χ1) is 7.03. The van der Waals surface area contributed by atoms with E-state index in [0.29, 0.717) is 18.7 Å². The van der Waals surface area contributed by atoms with Crippen molar-refractivity contribution in [3.8, 4) is 0 Å². The summed E-state index contributed by atoms with van der Waals surface area (Å²) < 4.78 is 1.80. The number of hydrogen-bond donors (Lipinski definition) is 1. The molecule has 0 spiro atoms. The van der Waals surface area contributed by atoms with Crippen LogP contribution in [0.2, 0.25) is 0 Å². The van der Waals surface area contributed by atoms with Gasteiger partial charge in [0.25, 0.3) is 0 Å². The normalized spacial score (nSPS) is 11.7. The Kier molecular flexibility index (Phi) is 3.63. The molecule has 1 aromatic heterocycles. The smallest absolute Gasteiger partial charge is 0.171 e. The number of imidazole rings is 1. The minimum atomic E-state index is -1.19. The van der Waals surface area contributed by atoms with Crippen molar-refractivity contribution in [2.24, 2.45) is 7.05 Å². The van der Waals surface area contributed by atoms with Crippen molar-refractivity contribution >= 4 is 5.78 Å². The van der Waals surface area contributed by atoms with Gasteiger partial charge in [-0.05, 0) is 12.8 Å². The molecule has 0 aliphatic carbocycles. The summed E-state index contributed by atoms with van der Waals surface area (Å²) in [5, 5.41) is 10.0. The predicted molar refractivity (Wildman–Crippen MR) is 57.5 cm³/mol. The van der Waals surface area contributed by atoms with Crippen molar-refractivity contribution in [3.05, 3.63) is 18.2 Å². The van der Waals surface area contributed by atoms with E-state index < -0.39 is 5.60 Å². The van der Waals surface area contributed by atoms with Gasteiger partial charge in [0.2, 0.25) is 0 Å². The minimum Gasteiger partial charge on any atom is -0.382 e. The van der Waals surface area contributed by atoms with Crippen LogP contribution in [0.4, 0.5) is 0 Å². The SMILES string of the molecule is CCC(O)(CC)C(=O)Cc1nccn1C. The molecule has 0 aliphatic rings. The zero-order chi connectivity index (χ0) is 11.5. The summed E-state index contributed by atoms with van der Waals surface area (Å²) in [6, 6.07) is 0. The highest BCUT2D eigenvalue weighted by Crippen LogP contribution is 2.17. The van der Waals surface area contributed by atoms with E-state index in [0.717, 1.165) is 0 Å². The van der Waals surface area contributed by atoms with Gasteiger partial charge in [-0.3, -0.25) is 4.79 Å². The van der Waals surface area contributed by atoms with Crippen LogP contribution in [0.1, 0.15) is 32.5 Å². The highest BCUT2D eigenvalue weighted by Gasteiger charge is 2.31. The predicted octanol–water partition coefficient (Wildman–Crippen LogP) is 1.08. The van der Waals surface area contributed by atoms with Crippen LogP contribution in [-0.2, 0) is 18.3 Å². The number of aromatic nitrogens is 2. The Hall–Kier alpha value is -1.16. The van der Waals surface area contributed by atoms with Crippen LogP contribution in [0, 0.1) is 0 Å². The van der Waals surface area contributed by atoms with E-state index in [1.165, 1.54) is 0 Å². The topological polar surface area (TPSA) is 55.1 Å². The van der Waals surface area contributed by atoms with Crippen LogP contribution < -0.4 is 0 Å². The average Bonchev–Trinajstić information content (AvgIpc) is 2.63. The fourth-order valence-corrected chi connectivity index (χ4v) is 1.52. The third kappa shape index (κ3) is 2.45. The minimum absolute atomic E-state index is 0.151. The quantitative estimate of drug-likeness (QED) is 0.791. The van der Waals surface area contributed by atoms with Crippen LogP contribution in [0.25, 0.3) is 0 Å². The third-order valence-electron chi connectivity index (χ3n) is 2.93. The summed E-state index contributed by atoms with van der Waals surface area (Å²) in [5.41, 5.74) is -1.19. The molecule has 0 fully saturated rings. The monoisotopic (exact) mass is 210 g/mol. The van der Waals surface area contributed by atoms with Crippen LogP contribution in [0.5, 0.6) is 0 Å². The largest absolute Gasteiger partial charge is 0.382 e. The van der Waals surface area contributed by atoms with E-state index in [-0.39, 0.29) is 12.2 Å². The van der Waals surface area contributed by atoms with Crippen LogP contribution in [0.15, 0.2) is 12.4 Å². The molecule has 0 saturated heterocycles. The van der Waals surface area contributed by atoms with Crippen molar-refractivity contribution in [2.75, 3.05) is 0 Å². The second-order valence-corrected chi connectivity index (χ2v) is 3.79. The van der Waals surface area contributed by atoms with Gasteiger partial charge in [0, 0.05) is 19.4 Å². The molecule has 0 aromatic carbocycles. The average molecular weight is 210 g/mol. The Balaban J connectivity index is 2.75. The van der Waals surface area contributed by atoms with Gasteiger partial charge < -0.3 is 9.67 Å². The van der Waals surface area contributed by atoms with Gasteiger partial charge in [-0.25, -0.2) is 4.98 Å². The number of aryl methyl sites for hydroxylation is 1. The van der Waals surface area contributed by atoms with E-state index in [1.54, 1.807) is 17.0 Å². The molecule has 1 aromatic rings. The first kappa shape index (κ1) is 11.9. The molecule has 1 heterocycles. The van der Waals surface area contributed by atoms with E-state index in [9.17, 15) is 9.90 Å². The summed E-state index contributed by atoms with van der Waals surface area (Å²) in [5.74, 6) is 0.544. The highest BCUT2D eigenvalue weighted by atomic mass is 16.3. The molecule has 84 valence electrons. The zero-order valence-electron chi connectivity index (χ0n) is 9.53. The van der Waals surface area contributed by atoms with Crippen molar-refractivity contribution < 1.29 is 9.90 Å². The van der Waals surface area contributed by atoms with E-state index in [4.69, 9.17) is 0 Å². The van der Waals surface area contributed by atoms with E-state index >= 15 is 0 Å². The number of hydrogen-bond acceptors (Lipinski definition) is 3. The molecule has 1 N–H and O–H groups in total. The summed E-state index contributed by atoms with van der Waals surface area (Å²) in [6.07, 6.45) is 4.54. The molecule has 0 unspecified atom stereocenters. The van der Waals surface area contributed by atoms with E-state index in [1.807, 2.05) is 20.9 Å². The van der Waals surface area contributed by atoms with E-state index in [2.05, 4.69) is 4.98 Å². The number of aliphatic hydroxyl groups is 1. The summed E-state index contributed by atoms with van der Waals surface area (Å²) >= 11 is 0. The van der Waals surface area contributed by atoms with Gasteiger partial charge in [0.1, 0.15) is 11.4 Å². The summed E-state index contributed by atoms with van der Waals surface area (Å²) in [6.45, 7) is 3.64. The van der Waals surface area contributed by atoms with Crippen LogP contribution in [-0.4, -0.2) is 26.0 Å². The first-order valence-corrected chi connectivity index (χ1v) is 5.25. The molecule has 0 bridgehead atoms. The lowest BCUT2D eigenvalue weighted by molar-refractivity contribution is -0.137. The third-order valence-corrected chi connectivity index (χ3v) is 2.93. The van der Waals surface area contributed by atoms with Gasteiger partial charge in [-0.15, -0.1) is 0 Å². The Morgan fingerprint density at radius 3 is 2.53 bits per heavy atom. The second kappa shape index (κ2) is 4.57. The Bertz CT molecular complexity index is 340. The molecule has 0 aliphatic heterocycles. The molecule has 15 heavy (non-hydrogen) atoms. The fourth-order valence-electron chi connectivity index (χ4n) is 1.52. The number of rotatable bonds is 5. The Morgan fingerprint density at radius 2 is 2.13 bits per heavy atom. The maximum atomic E-state index is 11.8. The highest BCUT2D eigenvalue weighted by molar-refractivity contribution is 5.88. The first-order valence-electron chi connectivity index (χ1n) is 5.25. The van der Waals surface area contributed by atoms with Crippen LogP contribution >= 0.6 is 0 Å². The Morgan fingerprint density at radius 1 is 1.53 bits per heavy atom. The zero-order valence-corrected chi connectivity index (χ0v) is 9.53. The van der Waals surface area contributed by atoms with Crippen LogP contribution in [0.3, 0.4) is 0 Å². The van der Waals surface area contributed by atoms with Crippen molar-refractivity contribution in [1.29, 1.82) is 0 Å². The second-order valence-electron chi connectivity index (χ2n) is 3.79. The van der Waals surface area contributed by atoms with Gasteiger partial charge in [0.15, 0.2) is 5.78 Å². The number of carbonyl (C=O) groups excluding carboxylic acids is 1. The lowest BCUT2D eigenvalue weighted by atomic mass is 9.90. The van der Waals surface area contributed by atoms with Crippen molar-refractivity contribution in [3.63, 3.8) is 0 Å². The molecule has 1 rings (SSSR count). The summed E-state index contributed by atoms with van der Waals surface area (Å²) in [4.78, 5) is 15.9. The van der Waals surface area contributed by atoms with Gasteiger partial charge in [0.05, 0.1) is 6.42 Å². The standard InChI is InChI=1S/C11H18N2O2/c1-4-11(15,5-2)9(14)8-10-12-6-7-13(10)3/h6-7,15H,4-5,8H2,1-3H3. The molecule has 0 atom stereocenters. The molecule has 0 saturated carbocycles. The van der Waals surface area contributed by atoms with Crippen molar-refractivity contribution in [2.45, 2.75) is 38.7 Å². The van der Waals surface area contributed by atoms with Gasteiger partial charge in [-0.2, -0.15) is 0 Å². The number of nitrogens with zero attached hydrogens (tertiary/aromatic N) is 2. The maximum Gasteiger partial charge on any atom is 0.171 e. The molecular formula is C11H18N2O2. The molecule has 0 amide bonds. The number of Topliss-reactive ketones (excluding diaryl/α,β-unsaturated/α-hetero) is 1. The lowest BCUT2D eigenvalue weighted by Gasteiger charge is -2.23. The Labute approximate surface area is 89.9 Å². The summed E-state index contributed by atoms with van der Waals surface area (Å²) in [7, 11) is 1.84. The maximum absolute atomic E-state index is 11.8.